The second-order valence-corrected chi connectivity index (χ2v) is 6.04. The molecule has 6 heteroatoms. The molecule has 0 aliphatic carbocycles. The first-order valence-corrected chi connectivity index (χ1v) is 8.06. The molecule has 3 heterocycles. The number of piperidine rings is 1. The largest absolute Gasteiger partial charge is 0.469 e. The van der Waals surface area contributed by atoms with E-state index in [0.29, 0.717) is 13.0 Å². The summed E-state index contributed by atoms with van der Waals surface area (Å²) >= 11 is 0. The van der Waals surface area contributed by atoms with Crippen molar-refractivity contribution in [2.45, 2.75) is 32.2 Å². The van der Waals surface area contributed by atoms with Crippen LogP contribution < -0.4 is 10.2 Å². The van der Waals surface area contributed by atoms with Crippen molar-refractivity contribution in [3.63, 3.8) is 0 Å². The molecule has 2 atom stereocenters. The summed E-state index contributed by atoms with van der Waals surface area (Å²) in [5.74, 6) is 1.83. The first-order chi connectivity index (χ1) is 11.2. The van der Waals surface area contributed by atoms with Crippen LogP contribution >= 0.6 is 0 Å². The molecule has 1 N–H and O–H groups in total. The van der Waals surface area contributed by atoms with Crippen molar-refractivity contribution >= 4 is 11.7 Å². The molecule has 0 spiro atoms. The molecule has 1 saturated heterocycles. The highest BCUT2D eigenvalue weighted by atomic mass is 16.3. The quantitative estimate of drug-likeness (QED) is 0.914. The van der Waals surface area contributed by atoms with Gasteiger partial charge in [0.2, 0.25) is 5.91 Å². The lowest BCUT2D eigenvalue weighted by Gasteiger charge is -2.33. The minimum atomic E-state index is -0.00944. The Kier molecular flexibility index (Phi) is 4.90. The summed E-state index contributed by atoms with van der Waals surface area (Å²) < 4.78 is 5.33. The van der Waals surface area contributed by atoms with Gasteiger partial charge in [-0.05, 0) is 31.9 Å². The van der Waals surface area contributed by atoms with Gasteiger partial charge in [0.15, 0.2) is 0 Å². The van der Waals surface area contributed by atoms with Crippen LogP contribution in [0.2, 0.25) is 0 Å². The molecule has 1 amide bonds. The van der Waals surface area contributed by atoms with Gasteiger partial charge in [0.25, 0.3) is 0 Å². The van der Waals surface area contributed by atoms with Crippen LogP contribution in [0.1, 0.15) is 25.5 Å². The number of carbonyl (C=O) groups excluding carboxylic acids is 1. The summed E-state index contributed by atoms with van der Waals surface area (Å²) in [5.41, 5.74) is 0. The van der Waals surface area contributed by atoms with Crippen molar-refractivity contribution in [1.82, 2.24) is 15.3 Å². The molecule has 0 bridgehead atoms. The second kappa shape index (κ2) is 7.26. The standard InChI is InChI=1S/C17H22N4O2/c1-13(10-15-5-3-9-23-15)20-17(22)14-4-2-8-21(12-14)16-11-18-6-7-19-16/h3,5-7,9,11,13-14H,2,4,8,10,12H2,1H3,(H,20,22)/t13-,14-/m0/s1. The van der Waals surface area contributed by atoms with Crippen molar-refractivity contribution in [2.75, 3.05) is 18.0 Å². The average Bonchev–Trinajstić information content (AvgIpc) is 3.08. The molecule has 23 heavy (non-hydrogen) atoms. The molecule has 1 fully saturated rings. The molecule has 1 aliphatic heterocycles. The van der Waals surface area contributed by atoms with E-state index in [2.05, 4.69) is 20.2 Å². The van der Waals surface area contributed by atoms with Gasteiger partial charge < -0.3 is 14.6 Å². The van der Waals surface area contributed by atoms with E-state index >= 15 is 0 Å². The van der Waals surface area contributed by atoms with Crippen molar-refractivity contribution in [1.29, 1.82) is 0 Å². The zero-order chi connectivity index (χ0) is 16.1. The Morgan fingerprint density at radius 1 is 1.52 bits per heavy atom. The van der Waals surface area contributed by atoms with Crippen molar-refractivity contribution < 1.29 is 9.21 Å². The van der Waals surface area contributed by atoms with E-state index < -0.39 is 0 Å². The smallest absolute Gasteiger partial charge is 0.225 e. The van der Waals surface area contributed by atoms with E-state index in [1.165, 1.54) is 0 Å². The van der Waals surface area contributed by atoms with Gasteiger partial charge in [-0.1, -0.05) is 0 Å². The second-order valence-electron chi connectivity index (χ2n) is 6.04. The van der Waals surface area contributed by atoms with E-state index in [4.69, 9.17) is 4.42 Å². The van der Waals surface area contributed by atoms with Crippen LogP contribution in [0.3, 0.4) is 0 Å². The monoisotopic (exact) mass is 314 g/mol. The van der Waals surface area contributed by atoms with Crippen molar-refractivity contribution in [3.8, 4) is 0 Å². The van der Waals surface area contributed by atoms with Gasteiger partial charge >= 0.3 is 0 Å². The Balaban J connectivity index is 1.54. The van der Waals surface area contributed by atoms with Crippen LogP contribution in [0.15, 0.2) is 41.4 Å². The van der Waals surface area contributed by atoms with Crippen LogP contribution in [-0.2, 0) is 11.2 Å². The van der Waals surface area contributed by atoms with Crippen LogP contribution in [0.5, 0.6) is 0 Å². The van der Waals surface area contributed by atoms with Crippen LogP contribution in [-0.4, -0.2) is 35.0 Å². The van der Waals surface area contributed by atoms with E-state index in [0.717, 1.165) is 31.0 Å². The number of rotatable bonds is 5. The van der Waals surface area contributed by atoms with E-state index in [-0.39, 0.29) is 17.9 Å². The summed E-state index contributed by atoms with van der Waals surface area (Å²) in [5, 5.41) is 3.10. The molecule has 0 saturated carbocycles. The molecule has 3 rings (SSSR count). The lowest BCUT2D eigenvalue weighted by molar-refractivity contribution is -0.125. The van der Waals surface area contributed by atoms with E-state index in [9.17, 15) is 4.79 Å². The van der Waals surface area contributed by atoms with Gasteiger partial charge in [-0.3, -0.25) is 9.78 Å². The number of hydrogen-bond donors (Lipinski definition) is 1. The molecule has 2 aromatic heterocycles. The maximum Gasteiger partial charge on any atom is 0.225 e. The Morgan fingerprint density at radius 3 is 3.17 bits per heavy atom. The normalized spacial score (nSPS) is 19.3. The van der Waals surface area contributed by atoms with Crippen molar-refractivity contribution in [2.24, 2.45) is 5.92 Å². The Hall–Kier alpha value is -2.37. The average molecular weight is 314 g/mol. The molecule has 2 aromatic rings. The SMILES string of the molecule is C[C@@H](Cc1ccco1)NC(=O)[C@H]1CCCN(c2cnccn2)C1. The third kappa shape index (κ3) is 4.09. The van der Waals surface area contributed by atoms with Gasteiger partial charge in [-0.15, -0.1) is 0 Å². The number of aromatic nitrogens is 2. The number of furan rings is 1. The topological polar surface area (TPSA) is 71.3 Å². The lowest BCUT2D eigenvalue weighted by Crippen LogP contribution is -2.46. The molecular weight excluding hydrogens is 292 g/mol. The molecule has 0 unspecified atom stereocenters. The number of carbonyl (C=O) groups is 1. The van der Waals surface area contributed by atoms with E-state index in [1.54, 1.807) is 24.9 Å². The molecule has 1 aliphatic rings. The van der Waals surface area contributed by atoms with Gasteiger partial charge in [0.05, 0.1) is 18.4 Å². The lowest BCUT2D eigenvalue weighted by atomic mass is 9.96. The molecular formula is C17H22N4O2. The summed E-state index contributed by atoms with van der Waals surface area (Å²) in [6, 6.07) is 3.85. The fourth-order valence-electron chi connectivity index (χ4n) is 3.00. The first kappa shape index (κ1) is 15.5. The van der Waals surface area contributed by atoms with Gasteiger partial charge in [-0.25, -0.2) is 4.98 Å². The molecule has 122 valence electrons. The third-order valence-corrected chi connectivity index (χ3v) is 4.14. The van der Waals surface area contributed by atoms with Gasteiger partial charge in [0, 0.05) is 37.9 Å². The highest BCUT2D eigenvalue weighted by Crippen LogP contribution is 2.21. The van der Waals surface area contributed by atoms with Crippen LogP contribution in [0, 0.1) is 5.92 Å². The Bertz CT molecular complexity index is 615. The zero-order valence-electron chi connectivity index (χ0n) is 13.3. The highest BCUT2D eigenvalue weighted by Gasteiger charge is 2.27. The van der Waals surface area contributed by atoms with Crippen LogP contribution in [0.4, 0.5) is 5.82 Å². The third-order valence-electron chi connectivity index (χ3n) is 4.14. The fourth-order valence-corrected chi connectivity index (χ4v) is 3.00. The summed E-state index contributed by atoms with van der Waals surface area (Å²) in [4.78, 5) is 23.1. The predicted octanol–water partition coefficient (Wildman–Crippen LogP) is 2.03. The van der Waals surface area contributed by atoms with Gasteiger partial charge in [-0.2, -0.15) is 0 Å². The zero-order valence-corrected chi connectivity index (χ0v) is 13.3. The van der Waals surface area contributed by atoms with Crippen molar-refractivity contribution in [3.05, 3.63) is 42.7 Å². The number of amides is 1. The first-order valence-electron chi connectivity index (χ1n) is 8.06. The predicted molar refractivity (Wildman–Crippen MR) is 87.0 cm³/mol. The summed E-state index contributed by atoms with van der Waals surface area (Å²) in [6.07, 6.45) is 9.36. The van der Waals surface area contributed by atoms with Crippen LogP contribution in [0.25, 0.3) is 0 Å². The molecule has 6 nitrogen and oxygen atoms in total. The summed E-state index contributed by atoms with van der Waals surface area (Å²) in [7, 11) is 0. The fraction of sp³-hybridized carbons (Fsp3) is 0.471. The minimum absolute atomic E-state index is 0.00944. The number of hydrogen-bond acceptors (Lipinski definition) is 5. The van der Waals surface area contributed by atoms with Gasteiger partial charge in [0.1, 0.15) is 11.6 Å². The summed E-state index contributed by atoms with van der Waals surface area (Å²) in [6.45, 7) is 3.62. The number of anilines is 1. The van der Waals surface area contributed by atoms with E-state index in [1.807, 2.05) is 19.1 Å². The Labute approximate surface area is 135 Å². The minimum Gasteiger partial charge on any atom is -0.469 e. The maximum atomic E-state index is 12.5. The number of nitrogens with zero attached hydrogens (tertiary/aromatic N) is 3. The Morgan fingerprint density at radius 2 is 2.43 bits per heavy atom. The maximum absolute atomic E-state index is 12.5. The molecule has 0 radical (unpaired) electrons. The highest BCUT2D eigenvalue weighted by molar-refractivity contribution is 5.79. The molecule has 0 aromatic carbocycles. The number of nitrogens with one attached hydrogen (secondary N) is 1.